The summed E-state index contributed by atoms with van der Waals surface area (Å²) < 4.78 is 5.04. The van der Waals surface area contributed by atoms with Gasteiger partial charge in [0, 0.05) is 18.5 Å². The molecule has 6 heteroatoms. The van der Waals surface area contributed by atoms with E-state index in [1.807, 2.05) is 6.07 Å². The number of methoxy groups -OCH3 is 1. The van der Waals surface area contributed by atoms with Crippen molar-refractivity contribution >= 4 is 23.2 Å². The fraction of sp³-hybridized carbons (Fsp3) is 0.600. The fourth-order valence-corrected chi connectivity index (χ4v) is 3.32. The summed E-state index contributed by atoms with van der Waals surface area (Å²) in [5.74, 6) is -1.10. The zero-order chi connectivity index (χ0) is 15.8. The Morgan fingerprint density at radius 3 is 2.67 bits per heavy atom. The minimum atomic E-state index is -0.939. The second-order valence-corrected chi connectivity index (χ2v) is 5.96. The van der Waals surface area contributed by atoms with Crippen molar-refractivity contribution in [2.75, 3.05) is 13.7 Å². The molecule has 5 nitrogen and oxygen atoms in total. The standard InChI is InChI=1S/C15H23NO4S/c1-4-6-12-10(5-2)7-13(21-12)15(19)16-9-11(20-3)8-14(17)18/h7,11H,4-6,8-9H2,1-3H3,(H,16,19)(H,17,18). The van der Waals surface area contributed by atoms with Gasteiger partial charge in [-0.2, -0.15) is 0 Å². The normalized spacial score (nSPS) is 12.1. The third-order valence-electron chi connectivity index (χ3n) is 3.20. The minimum absolute atomic E-state index is 0.123. The van der Waals surface area contributed by atoms with Gasteiger partial charge in [0.25, 0.3) is 5.91 Å². The number of thiophene rings is 1. The summed E-state index contributed by atoms with van der Waals surface area (Å²) in [5.41, 5.74) is 1.22. The van der Waals surface area contributed by atoms with Crippen LogP contribution in [0.1, 0.15) is 46.8 Å². The molecule has 1 aromatic rings. The zero-order valence-electron chi connectivity index (χ0n) is 12.8. The molecule has 0 fully saturated rings. The van der Waals surface area contributed by atoms with Crippen LogP contribution < -0.4 is 5.32 Å². The number of hydrogen-bond acceptors (Lipinski definition) is 4. The number of ether oxygens (including phenoxy) is 1. The van der Waals surface area contributed by atoms with Crippen LogP contribution in [0.5, 0.6) is 0 Å². The van der Waals surface area contributed by atoms with E-state index in [0.29, 0.717) is 4.88 Å². The highest BCUT2D eigenvalue weighted by molar-refractivity contribution is 7.14. The molecule has 118 valence electrons. The van der Waals surface area contributed by atoms with Crippen molar-refractivity contribution < 1.29 is 19.4 Å². The summed E-state index contributed by atoms with van der Waals surface area (Å²) in [4.78, 5) is 24.7. The quantitative estimate of drug-likeness (QED) is 0.734. The summed E-state index contributed by atoms with van der Waals surface area (Å²) >= 11 is 1.52. The van der Waals surface area contributed by atoms with E-state index < -0.39 is 12.1 Å². The lowest BCUT2D eigenvalue weighted by molar-refractivity contribution is -0.139. The van der Waals surface area contributed by atoms with Crippen LogP contribution in [-0.4, -0.2) is 36.7 Å². The molecule has 0 saturated heterocycles. The van der Waals surface area contributed by atoms with E-state index in [2.05, 4.69) is 19.2 Å². The Morgan fingerprint density at radius 2 is 2.14 bits per heavy atom. The lowest BCUT2D eigenvalue weighted by Crippen LogP contribution is -2.34. The first kappa shape index (κ1) is 17.7. The van der Waals surface area contributed by atoms with E-state index >= 15 is 0 Å². The average molecular weight is 313 g/mol. The van der Waals surface area contributed by atoms with Crippen LogP contribution in [0.15, 0.2) is 6.07 Å². The minimum Gasteiger partial charge on any atom is -0.481 e. The largest absolute Gasteiger partial charge is 0.481 e. The van der Waals surface area contributed by atoms with Gasteiger partial charge in [-0.05, 0) is 24.5 Å². The summed E-state index contributed by atoms with van der Waals surface area (Å²) in [6.07, 6.45) is 2.33. The topological polar surface area (TPSA) is 75.6 Å². The van der Waals surface area contributed by atoms with Gasteiger partial charge in [-0.3, -0.25) is 9.59 Å². The Kier molecular flexibility index (Phi) is 7.39. The summed E-state index contributed by atoms with van der Waals surface area (Å²) in [6, 6.07) is 1.93. The van der Waals surface area contributed by atoms with Gasteiger partial charge in [0.1, 0.15) is 0 Å². The maximum Gasteiger partial charge on any atom is 0.306 e. The van der Waals surface area contributed by atoms with Crippen LogP contribution in [0.4, 0.5) is 0 Å². The zero-order valence-corrected chi connectivity index (χ0v) is 13.6. The number of carbonyl (C=O) groups is 2. The average Bonchev–Trinajstić information content (AvgIpc) is 2.86. The molecule has 0 aromatic carbocycles. The number of carbonyl (C=O) groups excluding carboxylic acids is 1. The molecule has 0 aliphatic rings. The lowest BCUT2D eigenvalue weighted by Gasteiger charge is -2.13. The van der Waals surface area contributed by atoms with E-state index in [-0.39, 0.29) is 18.9 Å². The van der Waals surface area contributed by atoms with Crippen LogP contribution >= 0.6 is 11.3 Å². The van der Waals surface area contributed by atoms with Crippen LogP contribution in [0.3, 0.4) is 0 Å². The molecule has 1 rings (SSSR count). The molecule has 0 aliphatic carbocycles. The molecule has 1 heterocycles. The van der Waals surface area contributed by atoms with Crippen molar-refractivity contribution in [3.8, 4) is 0 Å². The van der Waals surface area contributed by atoms with Gasteiger partial charge >= 0.3 is 5.97 Å². The van der Waals surface area contributed by atoms with E-state index in [0.717, 1.165) is 19.3 Å². The molecule has 1 atom stereocenters. The Balaban J connectivity index is 2.64. The number of aliphatic carboxylic acids is 1. The summed E-state index contributed by atoms with van der Waals surface area (Å²) in [7, 11) is 1.44. The molecule has 1 aromatic heterocycles. The monoisotopic (exact) mass is 313 g/mol. The molecule has 0 aliphatic heterocycles. The van der Waals surface area contributed by atoms with Crippen LogP contribution in [0.2, 0.25) is 0 Å². The lowest BCUT2D eigenvalue weighted by atomic mass is 10.1. The number of carboxylic acid groups (broad SMARTS) is 1. The van der Waals surface area contributed by atoms with Gasteiger partial charge in [-0.25, -0.2) is 0 Å². The SMILES string of the molecule is CCCc1sc(C(=O)NCC(CC(=O)O)OC)cc1CC. The highest BCUT2D eigenvalue weighted by Gasteiger charge is 2.17. The Morgan fingerprint density at radius 1 is 1.43 bits per heavy atom. The molecule has 0 radical (unpaired) electrons. The molecule has 0 bridgehead atoms. The van der Waals surface area contributed by atoms with Gasteiger partial charge in [0.05, 0.1) is 17.4 Å². The second-order valence-electron chi connectivity index (χ2n) is 4.83. The van der Waals surface area contributed by atoms with E-state index in [1.165, 1.54) is 28.9 Å². The van der Waals surface area contributed by atoms with E-state index in [1.54, 1.807) is 0 Å². The Labute approximate surface area is 129 Å². The smallest absolute Gasteiger partial charge is 0.306 e. The van der Waals surface area contributed by atoms with Crippen molar-refractivity contribution in [1.82, 2.24) is 5.32 Å². The number of amides is 1. The molecular weight excluding hydrogens is 290 g/mol. The first-order valence-corrected chi connectivity index (χ1v) is 7.97. The predicted molar refractivity (Wildman–Crippen MR) is 83.1 cm³/mol. The van der Waals surface area contributed by atoms with Crippen molar-refractivity contribution in [2.45, 2.75) is 45.6 Å². The van der Waals surface area contributed by atoms with E-state index in [4.69, 9.17) is 9.84 Å². The Hall–Kier alpha value is -1.40. The van der Waals surface area contributed by atoms with Crippen molar-refractivity contribution in [3.05, 3.63) is 21.4 Å². The van der Waals surface area contributed by atoms with Crippen molar-refractivity contribution in [2.24, 2.45) is 0 Å². The first-order valence-electron chi connectivity index (χ1n) is 7.16. The van der Waals surface area contributed by atoms with Gasteiger partial charge in [-0.1, -0.05) is 20.3 Å². The van der Waals surface area contributed by atoms with Crippen LogP contribution in [0.25, 0.3) is 0 Å². The fourth-order valence-electron chi connectivity index (χ4n) is 2.04. The molecule has 1 unspecified atom stereocenters. The molecular formula is C15H23NO4S. The summed E-state index contributed by atoms with van der Waals surface area (Å²) in [5, 5.41) is 11.5. The molecule has 0 saturated carbocycles. The third-order valence-corrected chi connectivity index (χ3v) is 4.44. The number of aryl methyl sites for hydroxylation is 2. The number of hydrogen-bond donors (Lipinski definition) is 2. The Bertz CT molecular complexity index is 484. The van der Waals surface area contributed by atoms with Crippen LogP contribution in [0, 0.1) is 0 Å². The van der Waals surface area contributed by atoms with Gasteiger partial charge in [0.2, 0.25) is 0 Å². The maximum atomic E-state index is 12.1. The predicted octanol–water partition coefficient (Wildman–Crippen LogP) is 2.48. The second kappa shape index (κ2) is 8.79. The molecule has 0 spiro atoms. The van der Waals surface area contributed by atoms with Crippen LogP contribution in [-0.2, 0) is 22.4 Å². The number of carboxylic acids is 1. The van der Waals surface area contributed by atoms with Crippen molar-refractivity contribution in [1.29, 1.82) is 0 Å². The number of rotatable bonds is 9. The molecule has 1 amide bonds. The maximum absolute atomic E-state index is 12.1. The van der Waals surface area contributed by atoms with Gasteiger partial charge in [0.15, 0.2) is 0 Å². The van der Waals surface area contributed by atoms with Crippen molar-refractivity contribution in [3.63, 3.8) is 0 Å². The number of nitrogens with one attached hydrogen (secondary N) is 1. The van der Waals surface area contributed by atoms with Gasteiger partial charge in [-0.15, -0.1) is 11.3 Å². The van der Waals surface area contributed by atoms with E-state index in [9.17, 15) is 9.59 Å². The highest BCUT2D eigenvalue weighted by Crippen LogP contribution is 2.24. The summed E-state index contributed by atoms with van der Waals surface area (Å²) in [6.45, 7) is 4.40. The highest BCUT2D eigenvalue weighted by atomic mass is 32.1. The third kappa shape index (κ3) is 5.47. The molecule has 21 heavy (non-hydrogen) atoms. The first-order chi connectivity index (χ1) is 10.0. The van der Waals surface area contributed by atoms with Gasteiger partial charge < -0.3 is 15.2 Å². The molecule has 2 N–H and O–H groups in total.